The van der Waals surface area contributed by atoms with E-state index in [1.807, 2.05) is 0 Å². The molecule has 0 spiro atoms. The zero-order valence-electron chi connectivity index (χ0n) is 15.4. The summed E-state index contributed by atoms with van der Waals surface area (Å²) in [5.41, 5.74) is 0.635. The lowest BCUT2D eigenvalue weighted by Crippen LogP contribution is -2.60. The fourth-order valence-electron chi connectivity index (χ4n) is 5.93. The molecule has 2 bridgehead atoms. The van der Waals surface area contributed by atoms with Gasteiger partial charge in [0.05, 0.1) is 0 Å². The summed E-state index contributed by atoms with van der Waals surface area (Å²) in [5, 5.41) is 3.94. The Morgan fingerprint density at radius 2 is 1.64 bits per heavy atom. The fourth-order valence-corrected chi connectivity index (χ4v) is 5.93. The average Bonchev–Trinajstić information content (AvgIpc) is 2.46. The molecule has 1 nitrogen and oxygen atoms in total. The summed E-state index contributed by atoms with van der Waals surface area (Å²) in [5.74, 6) is 3.91. The Labute approximate surface area is 139 Å². The molecule has 1 unspecified atom stereocenters. The van der Waals surface area contributed by atoms with Crippen molar-refractivity contribution in [3.05, 3.63) is 0 Å². The first-order chi connectivity index (χ1) is 10.6. The van der Waals surface area contributed by atoms with E-state index >= 15 is 0 Å². The molecule has 0 radical (unpaired) electrons. The third-order valence-corrected chi connectivity index (χ3v) is 7.77. The number of fused-ring (bicyclic) bond motifs is 2. The van der Waals surface area contributed by atoms with E-state index in [4.69, 9.17) is 0 Å². The standard InChI is InChI=1S/C21H39N/c1-16-19-14-18(21(19,2)3)15-20(16)22-13-9-12-17-10-7-5-4-6-8-11-17/h16-20,22H,4-15H2,1-3H3/t16-,18?,19-,20-/m1/s1. The summed E-state index contributed by atoms with van der Waals surface area (Å²) in [6, 6.07) is 0.814. The molecule has 4 saturated carbocycles. The predicted molar refractivity (Wildman–Crippen MR) is 96.0 cm³/mol. The van der Waals surface area contributed by atoms with Gasteiger partial charge in [0, 0.05) is 6.04 Å². The van der Waals surface area contributed by atoms with E-state index in [1.54, 1.807) is 0 Å². The Hall–Kier alpha value is -0.0400. The lowest BCUT2D eigenvalue weighted by atomic mass is 9.45. The molecule has 4 aliphatic rings. The SMILES string of the molecule is C[C@@H]1[C@H]2CC(C[C@H]1NCCCC1CCCCCCC1)C2(C)C. The Morgan fingerprint density at radius 3 is 2.27 bits per heavy atom. The Balaban J connectivity index is 1.34. The van der Waals surface area contributed by atoms with Gasteiger partial charge in [-0.3, -0.25) is 0 Å². The van der Waals surface area contributed by atoms with Crippen molar-refractivity contribution >= 4 is 0 Å². The van der Waals surface area contributed by atoms with E-state index < -0.39 is 0 Å². The third kappa shape index (κ3) is 3.55. The van der Waals surface area contributed by atoms with Gasteiger partial charge in [0.15, 0.2) is 0 Å². The van der Waals surface area contributed by atoms with E-state index in [0.29, 0.717) is 5.41 Å². The molecule has 1 heteroatoms. The monoisotopic (exact) mass is 305 g/mol. The topological polar surface area (TPSA) is 12.0 Å². The zero-order valence-corrected chi connectivity index (χ0v) is 15.4. The lowest BCUT2D eigenvalue weighted by Gasteiger charge is -2.62. The maximum Gasteiger partial charge on any atom is 0.00983 e. The van der Waals surface area contributed by atoms with Crippen molar-refractivity contribution in [3.8, 4) is 0 Å². The van der Waals surface area contributed by atoms with Gasteiger partial charge in [-0.1, -0.05) is 65.7 Å². The molecule has 22 heavy (non-hydrogen) atoms. The molecule has 1 N–H and O–H groups in total. The highest BCUT2D eigenvalue weighted by Crippen LogP contribution is 2.61. The highest BCUT2D eigenvalue weighted by molar-refractivity contribution is 5.06. The van der Waals surface area contributed by atoms with Gasteiger partial charge in [-0.2, -0.15) is 0 Å². The minimum absolute atomic E-state index is 0.635. The molecule has 4 aliphatic carbocycles. The van der Waals surface area contributed by atoms with Crippen molar-refractivity contribution in [1.29, 1.82) is 0 Å². The van der Waals surface area contributed by atoms with E-state index in [-0.39, 0.29) is 0 Å². The number of hydrogen-bond donors (Lipinski definition) is 1. The molecule has 4 atom stereocenters. The molecule has 4 rings (SSSR count). The molecule has 0 aliphatic heterocycles. The van der Waals surface area contributed by atoms with Gasteiger partial charge in [0.25, 0.3) is 0 Å². The maximum absolute atomic E-state index is 3.94. The van der Waals surface area contributed by atoms with Gasteiger partial charge in [-0.25, -0.2) is 0 Å². The van der Waals surface area contributed by atoms with Crippen LogP contribution in [-0.4, -0.2) is 12.6 Å². The minimum atomic E-state index is 0.635. The van der Waals surface area contributed by atoms with Crippen LogP contribution in [0.3, 0.4) is 0 Å². The average molecular weight is 306 g/mol. The van der Waals surface area contributed by atoms with Crippen LogP contribution in [-0.2, 0) is 0 Å². The van der Waals surface area contributed by atoms with Crippen molar-refractivity contribution in [2.45, 2.75) is 97.4 Å². The third-order valence-electron chi connectivity index (χ3n) is 7.77. The minimum Gasteiger partial charge on any atom is -0.314 e. The van der Waals surface area contributed by atoms with Crippen LogP contribution in [0.15, 0.2) is 0 Å². The van der Waals surface area contributed by atoms with Crippen molar-refractivity contribution < 1.29 is 0 Å². The first-order valence-corrected chi connectivity index (χ1v) is 10.3. The molecule has 0 aromatic rings. The molecular weight excluding hydrogens is 266 g/mol. The van der Waals surface area contributed by atoms with E-state index in [0.717, 1.165) is 29.7 Å². The van der Waals surface area contributed by atoms with E-state index in [2.05, 4.69) is 26.1 Å². The van der Waals surface area contributed by atoms with Crippen molar-refractivity contribution in [2.75, 3.05) is 6.54 Å². The normalized spacial score (nSPS) is 38.9. The molecule has 0 heterocycles. The number of nitrogens with one attached hydrogen (secondary N) is 1. The summed E-state index contributed by atoms with van der Waals surface area (Å²) in [7, 11) is 0. The summed E-state index contributed by atoms with van der Waals surface area (Å²) < 4.78 is 0. The molecule has 0 aromatic carbocycles. The van der Waals surface area contributed by atoms with Crippen molar-refractivity contribution in [3.63, 3.8) is 0 Å². The number of rotatable bonds is 5. The first kappa shape index (κ1) is 16.8. The predicted octanol–water partition coefficient (Wildman–Crippen LogP) is 5.79. The Bertz CT molecular complexity index is 340. The van der Waals surface area contributed by atoms with Crippen LogP contribution in [0.1, 0.15) is 91.4 Å². The van der Waals surface area contributed by atoms with Gasteiger partial charge in [0.2, 0.25) is 0 Å². The van der Waals surface area contributed by atoms with Gasteiger partial charge < -0.3 is 5.32 Å². The second-order valence-corrected chi connectivity index (χ2v) is 9.37. The molecule has 0 aromatic heterocycles. The van der Waals surface area contributed by atoms with Crippen LogP contribution in [0.25, 0.3) is 0 Å². The summed E-state index contributed by atoms with van der Waals surface area (Å²) in [4.78, 5) is 0. The van der Waals surface area contributed by atoms with Gasteiger partial charge in [-0.15, -0.1) is 0 Å². The largest absolute Gasteiger partial charge is 0.314 e. The van der Waals surface area contributed by atoms with Crippen molar-refractivity contribution in [1.82, 2.24) is 5.32 Å². The summed E-state index contributed by atoms with van der Waals surface area (Å²) in [6.07, 6.45) is 16.3. The highest BCUT2D eigenvalue weighted by atomic mass is 14.9. The summed E-state index contributed by atoms with van der Waals surface area (Å²) in [6.45, 7) is 8.79. The Kier molecular flexibility index (Phi) is 5.53. The maximum atomic E-state index is 3.94. The zero-order chi connectivity index (χ0) is 15.6. The molecular formula is C21H39N. The van der Waals surface area contributed by atoms with Gasteiger partial charge in [0.1, 0.15) is 0 Å². The van der Waals surface area contributed by atoms with Gasteiger partial charge >= 0.3 is 0 Å². The summed E-state index contributed by atoms with van der Waals surface area (Å²) >= 11 is 0. The van der Waals surface area contributed by atoms with E-state index in [1.165, 1.54) is 77.2 Å². The van der Waals surface area contributed by atoms with E-state index in [9.17, 15) is 0 Å². The lowest BCUT2D eigenvalue weighted by molar-refractivity contribution is -0.115. The van der Waals surface area contributed by atoms with Crippen LogP contribution < -0.4 is 5.32 Å². The van der Waals surface area contributed by atoms with Crippen LogP contribution in [0.5, 0.6) is 0 Å². The Morgan fingerprint density at radius 1 is 0.955 bits per heavy atom. The second-order valence-electron chi connectivity index (χ2n) is 9.37. The second kappa shape index (κ2) is 7.24. The fraction of sp³-hybridized carbons (Fsp3) is 1.00. The number of hydrogen-bond acceptors (Lipinski definition) is 1. The first-order valence-electron chi connectivity index (χ1n) is 10.3. The molecule has 0 amide bonds. The van der Waals surface area contributed by atoms with Crippen LogP contribution in [0, 0.1) is 29.1 Å². The molecule has 0 saturated heterocycles. The van der Waals surface area contributed by atoms with Gasteiger partial charge in [-0.05, 0) is 61.3 Å². The van der Waals surface area contributed by atoms with Crippen LogP contribution in [0.2, 0.25) is 0 Å². The van der Waals surface area contributed by atoms with Crippen molar-refractivity contribution in [2.24, 2.45) is 29.1 Å². The smallest absolute Gasteiger partial charge is 0.00983 e. The molecule has 4 fully saturated rings. The van der Waals surface area contributed by atoms with Crippen LogP contribution in [0.4, 0.5) is 0 Å². The quantitative estimate of drug-likeness (QED) is 0.634. The highest BCUT2D eigenvalue weighted by Gasteiger charge is 2.55. The molecule has 128 valence electrons. The van der Waals surface area contributed by atoms with Crippen LogP contribution >= 0.6 is 0 Å².